The van der Waals surface area contributed by atoms with E-state index >= 15 is 0 Å². The highest BCUT2D eigenvalue weighted by Crippen LogP contribution is 2.51. The van der Waals surface area contributed by atoms with Crippen LogP contribution in [0.5, 0.6) is 0 Å². The summed E-state index contributed by atoms with van der Waals surface area (Å²) in [6.45, 7) is 11.1. The third-order valence-corrected chi connectivity index (χ3v) is 10.3. The number of carbonyl (C=O) groups is 2. The number of rotatable bonds is 2. The zero-order chi connectivity index (χ0) is 11.1. The van der Waals surface area contributed by atoms with Crippen LogP contribution in [0.25, 0.3) is 0 Å². The summed E-state index contributed by atoms with van der Waals surface area (Å²) in [5, 5.41) is 0.237. The fraction of sp³-hybridized carbons (Fsp3) is 0.818. The monoisotopic (exact) mass is 212 g/mol. The van der Waals surface area contributed by atoms with E-state index in [0.717, 1.165) is 12.7 Å². The average Bonchev–Trinajstić information content (AvgIpc) is 2.00. The molecule has 0 heterocycles. The number of hydrogen-bond donors (Lipinski definition) is 0. The third kappa shape index (κ3) is 1.58. The maximum atomic E-state index is 11.7. The highest BCUT2D eigenvalue weighted by Gasteiger charge is 2.53. The van der Waals surface area contributed by atoms with E-state index in [9.17, 15) is 9.59 Å². The number of hydrogen-bond acceptors (Lipinski definition) is 2. The zero-order valence-corrected chi connectivity index (χ0v) is 10.8. The van der Waals surface area contributed by atoms with Crippen LogP contribution < -0.4 is 0 Å². The van der Waals surface area contributed by atoms with Gasteiger partial charge in [-0.05, 0) is 11.5 Å². The Bertz CT molecular complexity index is 263. The summed E-state index contributed by atoms with van der Waals surface area (Å²) in [7, 11) is -1.55. The molecule has 1 saturated carbocycles. The van der Waals surface area contributed by atoms with Crippen molar-refractivity contribution in [3.63, 3.8) is 0 Å². The second-order valence-corrected chi connectivity index (χ2v) is 11.5. The van der Waals surface area contributed by atoms with Crippen LogP contribution in [0.4, 0.5) is 0 Å². The molecule has 14 heavy (non-hydrogen) atoms. The smallest absolute Gasteiger partial charge is 0.143 e. The first-order chi connectivity index (χ1) is 6.21. The van der Waals surface area contributed by atoms with Crippen LogP contribution in [-0.2, 0) is 9.59 Å². The van der Waals surface area contributed by atoms with Crippen molar-refractivity contribution in [2.24, 2.45) is 5.92 Å². The molecule has 0 aliphatic heterocycles. The van der Waals surface area contributed by atoms with Gasteiger partial charge in [-0.2, -0.15) is 0 Å². The molecule has 0 radical (unpaired) electrons. The lowest BCUT2D eigenvalue weighted by Crippen LogP contribution is -2.53. The molecular weight excluding hydrogens is 192 g/mol. The zero-order valence-electron chi connectivity index (χ0n) is 9.76. The normalized spacial score (nSPS) is 28.5. The lowest BCUT2D eigenvalue weighted by molar-refractivity contribution is -0.133. The summed E-state index contributed by atoms with van der Waals surface area (Å²) in [5.41, 5.74) is 0.206. The lowest BCUT2D eigenvalue weighted by atomic mass is 9.84. The molecule has 1 aliphatic rings. The maximum absolute atomic E-state index is 11.7. The van der Waals surface area contributed by atoms with Gasteiger partial charge in [0.2, 0.25) is 0 Å². The lowest BCUT2D eigenvalue weighted by Gasteiger charge is -2.48. The number of Topliss-reactive ketones (excluding diaryl/α,β-unsaturated/α-hetero) is 1. The Hall–Kier alpha value is -0.443. The van der Waals surface area contributed by atoms with Gasteiger partial charge >= 0.3 is 0 Å². The molecule has 3 heteroatoms. The molecule has 1 fully saturated rings. The summed E-state index contributed by atoms with van der Waals surface area (Å²) in [6, 6.07) is 0. The van der Waals surface area contributed by atoms with Crippen LogP contribution in [0.2, 0.25) is 23.7 Å². The van der Waals surface area contributed by atoms with E-state index in [1.54, 1.807) is 0 Å². The number of carbonyl (C=O) groups excluding carboxylic acids is 2. The van der Waals surface area contributed by atoms with Crippen molar-refractivity contribution < 1.29 is 9.59 Å². The Morgan fingerprint density at radius 3 is 2.14 bits per heavy atom. The number of aldehydes is 1. The highest BCUT2D eigenvalue weighted by molar-refractivity contribution is 6.85. The van der Waals surface area contributed by atoms with Gasteiger partial charge in [-0.15, -0.1) is 0 Å². The second-order valence-electron chi connectivity index (χ2n) is 5.90. The Labute approximate surface area is 87.1 Å². The fourth-order valence-corrected chi connectivity index (χ4v) is 4.69. The van der Waals surface area contributed by atoms with Crippen molar-refractivity contribution in [2.75, 3.05) is 0 Å². The fourth-order valence-electron chi connectivity index (χ4n) is 1.88. The van der Waals surface area contributed by atoms with Gasteiger partial charge in [0, 0.05) is 5.54 Å². The first-order valence-corrected chi connectivity index (χ1v) is 8.28. The minimum atomic E-state index is -1.55. The quantitative estimate of drug-likeness (QED) is 0.400. The largest absolute Gasteiger partial charge is 0.303 e. The highest BCUT2D eigenvalue weighted by atomic mass is 28.3. The summed E-state index contributed by atoms with van der Waals surface area (Å²) >= 11 is 0. The average molecular weight is 212 g/mol. The van der Waals surface area contributed by atoms with Gasteiger partial charge in [0.05, 0.1) is 14.0 Å². The van der Waals surface area contributed by atoms with E-state index < -0.39 is 8.07 Å². The Kier molecular flexibility index (Phi) is 2.74. The van der Waals surface area contributed by atoms with Gasteiger partial charge in [0.25, 0.3) is 0 Å². The molecule has 0 aromatic carbocycles. The van der Waals surface area contributed by atoms with E-state index in [4.69, 9.17) is 0 Å². The molecule has 0 aromatic heterocycles. The van der Waals surface area contributed by atoms with Crippen molar-refractivity contribution in [3.8, 4) is 0 Å². The van der Waals surface area contributed by atoms with Crippen molar-refractivity contribution in [3.05, 3.63) is 0 Å². The van der Waals surface area contributed by atoms with Crippen molar-refractivity contribution in [1.29, 1.82) is 0 Å². The summed E-state index contributed by atoms with van der Waals surface area (Å²) in [5.74, 6) is -0.0827. The molecule has 2 unspecified atom stereocenters. The molecule has 1 rings (SSSR count). The predicted molar refractivity (Wildman–Crippen MR) is 60.1 cm³/mol. The molecule has 80 valence electrons. The summed E-state index contributed by atoms with van der Waals surface area (Å²) in [4.78, 5) is 22.2. The summed E-state index contributed by atoms with van der Waals surface area (Å²) in [6.07, 6.45) is 1.62. The third-order valence-electron chi connectivity index (χ3n) is 4.17. The van der Waals surface area contributed by atoms with Gasteiger partial charge in [0.1, 0.15) is 12.1 Å². The van der Waals surface area contributed by atoms with Crippen LogP contribution in [0.1, 0.15) is 27.2 Å². The molecule has 0 aromatic rings. The van der Waals surface area contributed by atoms with E-state index in [-0.39, 0.29) is 22.3 Å². The molecule has 1 aliphatic carbocycles. The molecular formula is C11H20O2Si. The van der Waals surface area contributed by atoms with Crippen molar-refractivity contribution in [2.45, 2.75) is 50.9 Å². The van der Waals surface area contributed by atoms with E-state index in [2.05, 4.69) is 33.9 Å². The van der Waals surface area contributed by atoms with E-state index in [1.807, 2.05) is 0 Å². The topological polar surface area (TPSA) is 34.1 Å². The van der Waals surface area contributed by atoms with Crippen LogP contribution >= 0.6 is 0 Å². The molecule has 0 spiro atoms. The van der Waals surface area contributed by atoms with Gasteiger partial charge in [0.15, 0.2) is 0 Å². The summed E-state index contributed by atoms with van der Waals surface area (Å²) < 4.78 is 0. The van der Waals surface area contributed by atoms with Gasteiger partial charge in [-0.3, -0.25) is 4.79 Å². The van der Waals surface area contributed by atoms with Crippen molar-refractivity contribution >= 4 is 20.1 Å². The molecule has 0 amide bonds. The van der Waals surface area contributed by atoms with Gasteiger partial charge in [-0.1, -0.05) is 33.9 Å². The molecule has 2 atom stereocenters. The first-order valence-electron chi connectivity index (χ1n) is 5.21. The molecule has 2 nitrogen and oxygen atoms in total. The Morgan fingerprint density at radius 2 is 1.86 bits per heavy atom. The standard InChI is InChI=1S/C11H20O2Si/c1-11(2,3)14(4,5)9-6-8(7-12)10(9)13/h7-9H,6H2,1-5H3. The molecule has 0 saturated heterocycles. The van der Waals surface area contributed by atoms with Gasteiger partial charge in [-0.25, -0.2) is 0 Å². The second kappa shape index (κ2) is 3.30. The van der Waals surface area contributed by atoms with Crippen LogP contribution in [0.15, 0.2) is 0 Å². The Morgan fingerprint density at radius 1 is 1.36 bits per heavy atom. The van der Waals surface area contributed by atoms with Crippen molar-refractivity contribution in [1.82, 2.24) is 0 Å². The number of ketones is 1. The van der Waals surface area contributed by atoms with E-state index in [0.29, 0.717) is 0 Å². The van der Waals surface area contributed by atoms with Gasteiger partial charge < -0.3 is 4.79 Å². The van der Waals surface area contributed by atoms with E-state index in [1.165, 1.54) is 0 Å². The maximum Gasteiger partial charge on any atom is 0.143 e. The van der Waals surface area contributed by atoms with Crippen LogP contribution in [0, 0.1) is 5.92 Å². The minimum Gasteiger partial charge on any atom is -0.303 e. The SMILES string of the molecule is CC(C)(C)[Si](C)(C)C1CC(C=O)C1=O. The predicted octanol–water partition coefficient (Wildman–Crippen LogP) is 2.65. The first kappa shape index (κ1) is 11.6. The minimum absolute atomic E-state index is 0.201. The Balaban J connectivity index is 2.78. The molecule has 0 bridgehead atoms. The van der Waals surface area contributed by atoms with Crippen LogP contribution in [0.3, 0.4) is 0 Å². The van der Waals surface area contributed by atoms with Crippen LogP contribution in [-0.4, -0.2) is 20.1 Å². The molecule has 0 N–H and O–H groups in total.